The van der Waals surface area contributed by atoms with Crippen LogP contribution >= 0.6 is 0 Å². The molecule has 2 unspecified atom stereocenters. The first-order valence-electron chi connectivity index (χ1n) is 10.7. The predicted octanol–water partition coefficient (Wildman–Crippen LogP) is 4.25. The van der Waals surface area contributed by atoms with E-state index in [1.54, 1.807) is 29.5 Å². The quantitative estimate of drug-likeness (QED) is 0.498. The van der Waals surface area contributed by atoms with Gasteiger partial charge >= 0.3 is 0 Å². The molecule has 7 nitrogen and oxygen atoms in total. The Hall–Kier alpha value is -3.48. The summed E-state index contributed by atoms with van der Waals surface area (Å²) in [6.45, 7) is 6.41. The molecule has 0 bridgehead atoms. The predicted molar refractivity (Wildman–Crippen MR) is 117 cm³/mol. The Morgan fingerprint density at radius 2 is 2.00 bits per heavy atom. The van der Waals surface area contributed by atoms with E-state index in [0.29, 0.717) is 35.3 Å². The van der Waals surface area contributed by atoms with Crippen LogP contribution in [0.2, 0.25) is 0 Å². The Labute approximate surface area is 180 Å². The van der Waals surface area contributed by atoms with Crippen LogP contribution in [-0.2, 0) is 6.54 Å². The van der Waals surface area contributed by atoms with Crippen molar-refractivity contribution >= 4 is 16.9 Å². The number of hydrogen-bond donors (Lipinski definition) is 0. The van der Waals surface area contributed by atoms with Gasteiger partial charge in [0.05, 0.1) is 29.1 Å². The van der Waals surface area contributed by atoms with Crippen LogP contribution in [0.3, 0.4) is 0 Å². The molecule has 0 spiro atoms. The molecule has 5 heterocycles. The molecule has 0 aromatic carbocycles. The first-order valence-corrected chi connectivity index (χ1v) is 10.7. The maximum absolute atomic E-state index is 13.6. The molecular weight excluding hydrogens is 390 g/mol. The van der Waals surface area contributed by atoms with E-state index in [4.69, 9.17) is 9.40 Å². The maximum atomic E-state index is 13.6. The van der Waals surface area contributed by atoms with E-state index in [1.165, 1.54) is 0 Å². The normalized spacial score (nSPS) is 19.1. The smallest absolute Gasteiger partial charge is 0.254 e. The maximum Gasteiger partial charge on any atom is 0.254 e. The molecule has 1 aliphatic rings. The number of carbonyl (C=O) groups excluding carboxylic acids is 1. The number of carbonyl (C=O) groups is 1. The lowest BCUT2D eigenvalue weighted by molar-refractivity contribution is 0.0625. The lowest BCUT2D eigenvalue weighted by atomic mass is 9.91. The summed E-state index contributed by atoms with van der Waals surface area (Å²) in [5.74, 6) is 1.80. The largest absolute Gasteiger partial charge is 0.467 e. The second-order valence-electron chi connectivity index (χ2n) is 8.57. The van der Waals surface area contributed by atoms with Gasteiger partial charge in [0.25, 0.3) is 5.91 Å². The van der Waals surface area contributed by atoms with Crippen LogP contribution in [0.1, 0.15) is 36.4 Å². The molecule has 1 fully saturated rings. The van der Waals surface area contributed by atoms with Crippen LogP contribution in [-0.4, -0.2) is 43.6 Å². The number of pyridine rings is 2. The van der Waals surface area contributed by atoms with E-state index < -0.39 is 0 Å². The average molecular weight is 415 g/mol. The zero-order chi connectivity index (χ0) is 21.4. The third kappa shape index (κ3) is 3.83. The highest BCUT2D eigenvalue weighted by atomic mass is 16.3. The van der Waals surface area contributed by atoms with Gasteiger partial charge in [-0.2, -0.15) is 5.10 Å². The van der Waals surface area contributed by atoms with E-state index in [0.717, 1.165) is 36.2 Å². The highest BCUT2D eigenvalue weighted by molar-refractivity contribution is 6.06. The van der Waals surface area contributed by atoms with Gasteiger partial charge in [-0.3, -0.25) is 9.78 Å². The minimum Gasteiger partial charge on any atom is -0.467 e. The number of hydrogen-bond acceptors (Lipinski definition) is 5. The second kappa shape index (κ2) is 7.98. The van der Waals surface area contributed by atoms with Crippen LogP contribution in [0.15, 0.2) is 59.6 Å². The summed E-state index contributed by atoms with van der Waals surface area (Å²) >= 11 is 0. The molecule has 0 saturated carbocycles. The number of piperidine rings is 1. The molecule has 31 heavy (non-hydrogen) atoms. The Kier molecular flexibility index (Phi) is 5.02. The molecule has 1 amide bonds. The fraction of sp³-hybridized carbons (Fsp3) is 0.333. The SMILES string of the molecule is CC1CC(C)CN(C(=O)c2cc(-c3cccnc3)nc3c2cnn3Cc2ccco2)C1. The van der Waals surface area contributed by atoms with Gasteiger partial charge in [-0.05, 0) is 48.6 Å². The number of likely N-dealkylation sites (tertiary alicyclic amines) is 1. The Morgan fingerprint density at radius 1 is 1.16 bits per heavy atom. The third-order valence-electron chi connectivity index (χ3n) is 5.84. The van der Waals surface area contributed by atoms with E-state index in [1.807, 2.05) is 35.2 Å². The molecule has 1 saturated heterocycles. The minimum atomic E-state index is 0.0356. The van der Waals surface area contributed by atoms with Crippen molar-refractivity contribution in [1.29, 1.82) is 0 Å². The van der Waals surface area contributed by atoms with E-state index in [2.05, 4.69) is 23.9 Å². The van der Waals surface area contributed by atoms with Gasteiger partial charge in [0.15, 0.2) is 5.65 Å². The number of furan rings is 1. The molecule has 2 atom stereocenters. The Bertz CT molecular complexity index is 1190. The van der Waals surface area contributed by atoms with Gasteiger partial charge in [0.1, 0.15) is 12.3 Å². The molecule has 5 rings (SSSR count). The molecule has 158 valence electrons. The lowest BCUT2D eigenvalue weighted by Crippen LogP contribution is -2.42. The summed E-state index contributed by atoms with van der Waals surface area (Å²) in [6, 6.07) is 9.46. The van der Waals surface area contributed by atoms with Crippen LogP contribution in [0, 0.1) is 11.8 Å². The highest BCUT2D eigenvalue weighted by Gasteiger charge is 2.28. The van der Waals surface area contributed by atoms with E-state index >= 15 is 0 Å². The summed E-state index contributed by atoms with van der Waals surface area (Å²) in [5, 5.41) is 5.29. The van der Waals surface area contributed by atoms with Crippen molar-refractivity contribution in [3.8, 4) is 11.3 Å². The standard InChI is InChI=1S/C24H25N5O2/c1-16-9-17(2)14-28(13-16)24(30)20-10-22(18-5-3-7-25-11-18)27-23-21(20)12-26-29(23)15-19-6-4-8-31-19/h3-8,10-12,16-17H,9,13-15H2,1-2H3. The summed E-state index contributed by atoms with van der Waals surface area (Å²) in [4.78, 5) is 24.7. The number of aromatic nitrogens is 4. The van der Waals surface area contributed by atoms with E-state index in [9.17, 15) is 4.79 Å². The van der Waals surface area contributed by atoms with Crippen LogP contribution in [0.4, 0.5) is 0 Å². The molecular formula is C24H25N5O2. The zero-order valence-electron chi connectivity index (χ0n) is 17.7. The first-order chi connectivity index (χ1) is 15.1. The van der Waals surface area contributed by atoms with Gasteiger partial charge in [-0.15, -0.1) is 0 Å². The number of amides is 1. The van der Waals surface area contributed by atoms with Crippen LogP contribution in [0.5, 0.6) is 0 Å². The fourth-order valence-corrected chi connectivity index (χ4v) is 4.55. The minimum absolute atomic E-state index is 0.0356. The number of nitrogens with zero attached hydrogens (tertiary/aromatic N) is 5. The van der Waals surface area contributed by atoms with Gasteiger partial charge in [-0.1, -0.05) is 13.8 Å². The van der Waals surface area contributed by atoms with Gasteiger partial charge in [0.2, 0.25) is 0 Å². The monoisotopic (exact) mass is 415 g/mol. The Morgan fingerprint density at radius 3 is 2.71 bits per heavy atom. The molecule has 4 aromatic rings. The average Bonchev–Trinajstić information content (AvgIpc) is 3.43. The first kappa shape index (κ1) is 19.5. The summed E-state index contributed by atoms with van der Waals surface area (Å²) in [6.07, 6.45) is 8.02. The molecule has 4 aromatic heterocycles. The number of fused-ring (bicyclic) bond motifs is 1. The van der Waals surface area contributed by atoms with Crippen molar-refractivity contribution in [2.45, 2.75) is 26.8 Å². The third-order valence-corrected chi connectivity index (χ3v) is 5.84. The van der Waals surface area contributed by atoms with Crippen molar-refractivity contribution < 1.29 is 9.21 Å². The van der Waals surface area contributed by atoms with Crippen molar-refractivity contribution in [3.05, 3.63) is 66.5 Å². The van der Waals surface area contributed by atoms with Crippen molar-refractivity contribution in [3.63, 3.8) is 0 Å². The fourth-order valence-electron chi connectivity index (χ4n) is 4.55. The van der Waals surface area contributed by atoms with Crippen molar-refractivity contribution in [2.75, 3.05) is 13.1 Å². The van der Waals surface area contributed by atoms with Gasteiger partial charge in [0, 0.05) is 31.0 Å². The molecule has 7 heteroatoms. The number of rotatable bonds is 4. The van der Waals surface area contributed by atoms with Crippen LogP contribution in [0.25, 0.3) is 22.3 Å². The highest BCUT2D eigenvalue weighted by Crippen LogP contribution is 2.28. The molecule has 1 aliphatic heterocycles. The van der Waals surface area contributed by atoms with Crippen molar-refractivity contribution in [1.82, 2.24) is 24.6 Å². The molecule has 0 aliphatic carbocycles. The second-order valence-corrected chi connectivity index (χ2v) is 8.57. The van der Waals surface area contributed by atoms with Crippen molar-refractivity contribution in [2.24, 2.45) is 11.8 Å². The molecule has 0 N–H and O–H groups in total. The summed E-state index contributed by atoms with van der Waals surface area (Å²) < 4.78 is 7.28. The van der Waals surface area contributed by atoms with Crippen LogP contribution < -0.4 is 0 Å². The van der Waals surface area contributed by atoms with Gasteiger partial charge < -0.3 is 9.32 Å². The topological polar surface area (TPSA) is 77.1 Å². The molecule has 0 radical (unpaired) electrons. The van der Waals surface area contributed by atoms with E-state index in [-0.39, 0.29) is 5.91 Å². The Balaban J connectivity index is 1.62. The summed E-state index contributed by atoms with van der Waals surface area (Å²) in [7, 11) is 0. The lowest BCUT2D eigenvalue weighted by Gasteiger charge is -2.35. The zero-order valence-corrected chi connectivity index (χ0v) is 17.7. The summed E-state index contributed by atoms with van der Waals surface area (Å²) in [5.41, 5.74) is 2.88. The van der Waals surface area contributed by atoms with Gasteiger partial charge in [-0.25, -0.2) is 9.67 Å².